The van der Waals surface area contributed by atoms with Crippen molar-refractivity contribution in [3.63, 3.8) is 0 Å². The highest BCUT2D eigenvalue weighted by atomic mass is 35.5. The lowest BCUT2D eigenvalue weighted by Gasteiger charge is -2.03. The predicted molar refractivity (Wildman–Crippen MR) is 97.2 cm³/mol. The molecule has 3 rings (SSSR count). The van der Waals surface area contributed by atoms with Crippen LogP contribution in [-0.2, 0) is 13.0 Å². The third-order valence-electron chi connectivity index (χ3n) is 3.36. The predicted octanol–water partition coefficient (Wildman–Crippen LogP) is 4.84. The minimum absolute atomic E-state index is 0.512. The van der Waals surface area contributed by atoms with Gasteiger partial charge in [0.2, 0.25) is 0 Å². The average molecular weight is 364 g/mol. The van der Waals surface area contributed by atoms with Crippen molar-refractivity contribution in [1.29, 1.82) is 0 Å². The van der Waals surface area contributed by atoms with E-state index in [4.69, 9.17) is 23.2 Å². The SMILES string of the molecule is Clc1ccc(CCNCc2ncc(-c3cccnc3Cl)s2)cc1. The maximum absolute atomic E-state index is 6.12. The molecule has 0 saturated heterocycles. The Balaban J connectivity index is 1.52. The molecule has 3 nitrogen and oxygen atoms in total. The Kier molecular flexibility index (Phi) is 5.62. The van der Waals surface area contributed by atoms with E-state index in [0.717, 1.165) is 40.0 Å². The van der Waals surface area contributed by atoms with Crippen molar-refractivity contribution in [2.75, 3.05) is 6.54 Å². The zero-order chi connectivity index (χ0) is 16.1. The normalized spacial score (nSPS) is 10.9. The van der Waals surface area contributed by atoms with Crippen LogP contribution >= 0.6 is 34.5 Å². The number of halogens is 2. The Labute approximate surface area is 149 Å². The number of nitrogens with one attached hydrogen (secondary N) is 1. The first kappa shape index (κ1) is 16.4. The van der Waals surface area contributed by atoms with Crippen molar-refractivity contribution in [2.45, 2.75) is 13.0 Å². The van der Waals surface area contributed by atoms with Gasteiger partial charge in [-0.05, 0) is 42.8 Å². The molecule has 6 heteroatoms. The second-order valence-corrected chi connectivity index (χ2v) is 6.92. The van der Waals surface area contributed by atoms with Gasteiger partial charge in [-0.2, -0.15) is 0 Å². The average Bonchev–Trinajstić information content (AvgIpc) is 3.02. The second-order valence-electron chi connectivity index (χ2n) is 5.01. The number of benzene rings is 1. The van der Waals surface area contributed by atoms with Crippen molar-refractivity contribution in [3.05, 3.63) is 69.5 Å². The minimum atomic E-state index is 0.512. The molecule has 2 heterocycles. The van der Waals surface area contributed by atoms with E-state index < -0.39 is 0 Å². The summed E-state index contributed by atoms with van der Waals surface area (Å²) in [6.07, 6.45) is 4.50. The number of hydrogen-bond donors (Lipinski definition) is 1. The fourth-order valence-corrected chi connectivity index (χ4v) is 3.48. The van der Waals surface area contributed by atoms with Crippen LogP contribution in [0.2, 0.25) is 10.2 Å². The van der Waals surface area contributed by atoms with Gasteiger partial charge in [-0.1, -0.05) is 35.3 Å². The molecule has 2 aromatic heterocycles. The summed E-state index contributed by atoms with van der Waals surface area (Å²) in [5.41, 5.74) is 2.20. The van der Waals surface area contributed by atoms with Gasteiger partial charge in [0, 0.05) is 29.5 Å². The first-order valence-corrected chi connectivity index (χ1v) is 8.80. The third-order valence-corrected chi connectivity index (χ3v) is 4.94. The molecule has 118 valence electrons. The maximum atomic E-state index is 6.12. The molecule has 0 aliphatic carbocycles. The Hall–Kier alpha value is -1.46. The number of nitrogens with zero attached hydrogens (tertiary/aromatic N) is 2. The summed E-state index contributed by atoms with van der Waals surface area (Å²) < 4.78 is 0. The van der Waals surface area contributed by atoms with Crippen molar-refractivity contribution >= 4 is 34.5 Å². The lowest BCUT2D eigenvalue weighted by atomic mass is 10.1. The summed E-state index contributed by atoms with van der Waals surface area (Å²) in [6.45, 7) is 1.64. The summed E-state index contributed by atoms with van der Waals surface area (Å²) in [6, 6.07) is 11.8. The molecule has 1 aromatic carbocycles. The Morgan fingerprint density at radius 2 is 1.87 bits per heavy atom. The van der Waals surface area contributed by atoms with Crippen LogP contribution in [0.3, 0.4) is 0 Å². The molecule has 0 saturated carbocycles. The van der Waals surface area contributed by atoms with Crippen molar-refractivity contribution in [3.8, 4) is 10.4 Å². The molecular formula is C17H15Cl2N3S. The number of aromatic nitrogens is 2. The first-order chi connectivity index (χ1) is 11.2. The highest BCUT2D eigenvalue weighted by Crippen LogP contribution is 2.30. The molecule has 0 aliphatic heterocycles. The zero-order valence-electron chi connectivity index (χ0n) is 12.3. The van der Waals surface area contributed by atoms with Gasteiger partial charge in [0.05, 0.1) is 4.88 Å². The van der Waals surface area contributed by atoms with Crippen LogP contribution in [0.15, 0.2) is 48.8 Å². The number of rotatable bonds is 6. The van der Waals surface area contributed by atoms with E-state index in [2.05, 4.69) is 27.4 Å². The summed E-state index contributed by atoms with van der Waals surface area (Å²) in [5, 5.41) is 5.73. The molecule has 0 bridgehead atoms. The highest BCUT2D eigenvalue weighted by molar-refractivity contribution is 7.15. The van der Waals surface area contributed by atoms with Crippen molar-refractivity contribution in [1.82, 2.24) is 15.3 Å². The lowest BCUT2D eigenvalue weighted by molar-refractivity contribution is 0.684. The molecule has 0 spiro atoms. The van der Waals surface area contributed by atoms with Crippen LogP contribution < -0.4 is 5.32 Å². The molecule has 0 amide bonds. The Morgan fingerprint density at radius 3 is 2.65 bits per heavy atom. The van der Waals surface area contributed by atoms with Crippen LogP contribution in [0.4, 0.5) is 0 Å². The van der Waals surface area contributed by atoms with Crippen molar-refractivity contribution < 1.29 is 0 Å². The fraction of sp³-hybridized carbons (Fsp3) is 0.176. The van der Waals surface area contributed by atoms with Gasteiger partial charge in [0.1, 0.15) is 10.2 Å². The summed E-state index contributed by atoms with van der Waals surface area (Å²) in [7, 11) is 0. The molecule has 1 N–H and O–H groups in total. The van der Waals surface area contributed by atoms with Gasteiger partial charge in [0.25, 0.3) is 0 Å². The Morgan fingerprint density at radius 1 is 1.04 bits per heavy atom. The minimum Gasteiger partial charge on any atom is -0.310 e. The van der Waals surface area contributed by atoms with Gasteiger partial charge >= 0.3 is 0 Å². The second kappa shape index (κ2) is 7.88. The van der Waals surface area contributed by atoms with Crippen LogP contribution in [0.1, 0.15) is 10.6 Å². The fourth-order valence-electron chi connectivity index (χ4n) is 2.17. The van der Waals surface area contributed by atoms with Gasteiger partial charge in [-0.25, -0.2) is 9.97 Å². The maximum Gasteiger partial charge on any atom is 0.137 e. The summed E-state index contributed by atoms with van der Waals surface area (Å²) in [5.74, 6) is 0. The zero-order valence-corrected chi connectivity index (χ0v) is 14.6. The number of hydrogen-bond acceptors (Lipinski definition) is 4. The first-order valence-electron chi connectivity index (χ1n) is 7.23. The molecule has 0 unspecified atom stereocenters. The molecule has 23 heavy (non-hydrogen) atoms. The van der Waals surface area contributed by atoms with Crippen molar-refractivity contribution in [2.24, 2.45) is 0 Å². The van der Waals surface area contributed by atoms with Gasteiger partial charge < -0.3 is 5.32 Å². The van der Waals surface area contributed by atoms with E-state index in [1.54, 1.807) is 17.5 Å². The van der Waals surface area contributed by atoms with Gasteiger partial charge in [-0.3, -0.25) is 0 Å². The lowest BCUT2D eigenvalue weighted by Crippen LogP contribution is -2.16. The van der Waals surface area contributed by atoms with Crippen LogP contribution in [-0.4, -0.2) is 16.5 Å². The largest absolute Gasteiger partial charge is 0.310 e. The quantitative estimate of drug-likeness (QED) is 0.502. The van der Waals surface area contributed by atoms with E-state index in [-0.39, 0.29) is 0 Å². The third kappa shape index (κ3) is 4.52. The molecule has 0 aliphatic rings. The topological polar surface area (TPSA) is 37.8 Å². The monoisotopic (exact) mass is 363 g/mol. The molecule has 0 radical (unpaired) electrons. The van der Waals surface area contributed by atoms with E-state index in [0.29, 0.717) is 5.15 Å². The van der Waals surface area contributed by atoms with Gasteiger partial charge in [0.15, 0.2) is 0 Å². The van der Waals surface area contributed by atoms with E-state index in [1.165, 1.54) is 5.56 Å². The van der Waals surface area contributed by atoms with Gasteiger partial charge in [-0.15, -0.1) is 11.3 Å². The molecule has 3 aromatic rings. The number of thiazole rings is 1. The highest BCUT2D eigenvalue weighted by Gasteiger charge is 2.08. The molecular weight excluding hydrogens is 349 g/mol. The Bertz CT molecular complexity index is 772. The number of pyridine rings is 1. The van der Waals surface area contributed by atoms with E-state index >= 15 is 0 Å². The van der Waals surface area contributed by atoms with E-state index in [1.807, 2.05) is 30.5 Å². The summed E-state index contributed by atoms with van der Waals surface area (Å²) in [4.78, 5) is 9.58. The van der Waals surface area contributed by atoms with Crippen LogP contribution in [0.5, 0.6) is 0 Å². The van der Waals surface area contributed by atoms with E-state index in [9.17, 15) is 0 Å². The molecule has 0 fully saturated rings. The van der Waals surface area contributed by atoms with Crippen LogP contribution in [0.25, 0.3) is 10.4 Å². The van der Waals surface area contributed by atoms with Crippen LogP contribution in [0, 0.1) is 0 Å². The smallest absolute Gasteiger partial charge is 0.137 e. The standard InChI is InChI=1S/C17H15Cl2N3S/c18-13-5-3-12(4-6-13)7-9-20-11-16-22-10-15(23-16)14-2-1-8-21-17(14)19/h1-6,8,10,20H,7,9,11H2. The molecule has 0 atom stereocenters. The summed E-state index contributed by atoms with van der Waals surface area (Å²) >= 11 is 13.6.